The molecule has 0 aromatic carbocycles. The second kappa shape index (κ2) is 12.7. The summed E-state index contributed by atoms with van der Waals surface area (Å²) in [4.78, 5) is 0. The average Bonchev–Trinajstić information content (AvgIpc) is 3.19. The van der Waals surface area contributed by atoms with Crippen molar-refractivity contribution in [1.82, 2.24) is 0 Å². The molecule has 0 radical (unpaired) electrons. The Hall–Kier alpha value is -1.80. The fraction of sp³-hybridized carbons (Fsp3) is 0.750. The van der Waals surface area contributed by atoms with E-state index in [0.717, 1.165) is 43.6 Å². The molecule has 42 heavy (non-hydrogen) atoms. The van der Waals surface area contributed by atoms with Crippen LogP contribution in [0.15, 0.2) is 35.5 Å². The molecule has 6 atom stereocenters. The number of halogens is 6. The molecule has 0 spiro atoms. The highest BCUT2D eigenvalue weighted by molar-refractivity contribution is 5.38. The van der Waals surface area contributed by atoms with Crippen molar-refractivity contribution < 1.29 is 46.8 Å². The predicted molar refractivity (Wildman–Crippen MR) is 148 cm³/mol. The summed E-state index contributed by atoms with van der Waals surface area (Å²) in [6.07, 6.45) is -3.56. The van der Waals surface area contributed by atoms with E-state index in [-0.39, 0.29) is 36.0 Å². The molecule has 0 aromatic heterocycles. The molecule has 10 heteroatoms. The Morgan fingerprint density at radius 1 is 1.05 bits per heavy atom. The number of allylic oxidation sites excluding steroid dienone is 3. The molecule has 0 amide bonds. The molecule has 3 fully saturated rings. The van der Waals surface area contributed by atoms with Gasteiger partial charge in [-0.25, -0.2) is 0 Å². The second-order valence-electron chi connectivity index (χ2n) is 13.3. The molecule has 3 aliphatic carbocycles. The fourth-order valence-corrected chi connectivity index (χ4v) is 7.37. The minimum absolute atomic E-state index is 0.0203. The van der Waals surface area contributed by atoms with Gasteiger partial charge in [0.05, 0.1) is 17.8 Å². The quantitative estimate of drug-likeness (QED) is 0.187. The van der Waals surface area contributed by atoms with E-state index in [4.69, 9.17) is 0 Å². The first-order valence-electron chi connectivity index (χ1n) is 14.7. The summed E-state index contributed by atoms with van der Waals surface area (Å²) in [5.41, 5.74) is -3.75. The van der Waals surface area contributed by atoms with E-state index >= 15 is 0 Å². The van der Waals surface area contributed by atoms with Gasteiger partial charge in [-0.05, 0) is 105 Å². The van der Waals surface area contributed by atoms with Gasteiger partial charge in [-0.2, -0.15) is 26.3 Å². The Bertz CT molecular complexity index is 1090. The molecule has 0 saturated heterocycles. The van der Waals surface area contributed by atoms with Crippen molar-refractivity contribution in [2.75, 3.05) is 0 Å². The highest BCUT2D eigenvalue weighted by Gasteiger charge is 2.70. The van der Waals surface area contributed by atoms with Crippen LogP contribution in [0, 0.1) is 35.0 Å². The van der Waals surface area contributed by atoms with Gasteiger partial charge >= 0.3 is 18.0 Å². The van der Waals surface area contributed by atoms with E-state index in [0.29, 0.717) is 31.3 Å². The number of aliphatic hydroxyl groups excluding tert-OH is 2. The first kappa shape index (κ1) is 34.7. The highest BCUT2D eigenvalue weighted by atomic mass is 19.4. The first-order valence-corrected chi connectivity index (χ1v) is 14.7. The van der Waals surface area contributed by atoms with Gasteiger partial charge in [0.2, 0.25) is 0 Å². The normalized spacial score (nSPS) is 32.1. The van der Waals surface area contributed by atoms with Gasteiger partial charge in [0, 0.05) is 12.8 Å². The lowest BCUT2D eigenvalue weighted by molar-refractivity contribution is -0.343. The topological polar surface area (TPSA) is 80.9 Å². The van der Waals surface area contributed by atoms with Crippen LogP contribution in [0.1, 0.15) is 91.4 Å². The van der Waals surface area contributed by atoms with Crippen molar-refractivity contribution in [2.45, 2.75) is 127 Å². The van der Waals surface area contributed by atoms with E-state index in [1.807, 2.05) is 12.2 Å². The van der Waals surface area contributed by atoms with Gasteiger partial charge < -0.3 is 20.4 Å². The molecule has 0 aliphatic heterocycles. The van der Waals surface area contributed by atoms with Crippen LogP contribution >= 0.6 is 0 Å². The Kier molecular flexibility index (Phi) is 10.5. The van der Waals surface area contributed by atoms with Gasteiger partial charge in [-0.1, -0.05) is 43.6 Å². The van der Waals surface area contributed by atoms with Crippen molar-refractivity contribution in [3.05, 3.63) is 35.5 Å². The Labute approximate surface area is 244 Å². The summed E-state index contributed by atoms with van der Waals surface area (Å²) in [5.74, 6) is 3.04. The van der Waals surface area contributed by atoms with Crippen LogP contribution in [-0.4, -0.2) is 56.2 Å². The number of hydrogen-bond acceptors (Lipinski definition) is 4. The Morgan fingerprint density at radius 2 is 1.69 bits per heavy atom. The van der Waals surface area contributed by atoms with Crippen LogP contribution in [0.2, 0.25) is 0 Å². The van der Waals surface area contributed by atoms with Gasteiger partial charge in [-0.15, -0.1) is 0 Å². The van der Waals surface area contributed by atoms with Crippen molar-refractivity contribution >= 4 is 0 Å². The smallest absolute Gasteiger partial charge is 0.393 e. The summed E-state index contributed by atoms with van der Waals surface area (Å²) >= 11 is 0. The fourth-order valence-electron chi connectivity index (χ4n) is 7.37. The number of rotatable bonds is 7. The molecule has 3 saturated carbocycles. The van der Waals surface area contributed by atoms with Crippen molar-refractivity contribution in [1.29, 1.82) is 0 Å². The zero-order chi connectivity index (χ0) is 31.7. The molecule has 3 aliphatic rings. The lowest BCUT2D eigenvalue weighted by Crippen LogP contribution is -2.55. The number of aliphatic hydroxyl groups is 4. The molecule has 238 valence electrons. The van der Waals surface area contributed by atoms with E-state index in [1.165, 1.54) is 5.57 Å². The van der Waals surface area contributed by atoms with E-state index in [9.17, 15) is 46.8 Å². The minimum atomic E-state index is -5.99. The highest BCUT2D eigenvalue weighted by Crippen LogP contribution is 2.60. The van der Waals surface area contributed by atoms with E-state index in [2.05, 4.69) is 19.4 Å². The molecular weight excluding hydrogens is 562 g/mol. The maximum Gasteiger partial charge on any atom is 0.438 e. The van der Waals surface area contributed by atoms with Crippen LogP contribution in [0.25, 0.3) is 0 Å². The maximum atomic E-state index is 13.2. The zero-order valence-corrected chi connectivity index (χ0v) is 24.6. The summed E-state index contributed by atoms with van der Waals surface area (Å²) in [6, 6.07) is 0. The van der Waals surface area contributed by atoms with Crippen LogP contribution < -0.4 is 0 Å². The predicted octanol–water partition coefficient (Wildman–Crippen LogP) is 6.93. The second-order valence-corrected chi connectivity index (χ2v) is 13.3. The van der Waals surface area contributed by atoms with Gasteiger partial charge in [0.1, 0.15) is 0 Å². The lowest BCUT2D eigenvalue weighted by atomic mass is 9.60. The van der Waals surface area contributed by atoms with Crippen LogP contribution in [0.5, 0.6) is 0 Å². The third-order valence-corrected chi connectivity index (χ3v) is 9.69. The van der Waals surface area contributed by atoms with Crippen LogP contribution in [0.3, 0.4) is 0 Å². The molecule has 0 bridgehead atoms. The van der Waals surface area contributed by atoms with Crippen molar-refractivity contribution in [3.63, 3.8) is 0 Å². The van der Waals surface area contributed by atoms with Crippen molar-refractivity contribution in [3.8, 4) is 11.8 Å². The molecule has 1 unspecified atom stereocenters. The summed E-state index contributed by atoms with van der Waals surface area (Å²) in [6.45, 7) is 9.40. The van der Waals surface area contributed by atoms with E-state index in [1.54, 1.807) is 13.8 Å². The summed E-state index contributed by atoms with van der Waals surface area (Å²) < 4.78 is 79.3. The van der Waals surface area contributed by atoms with Gasteiger partial charge in [0.25, 0.3) is 0 Å². The third kappa shape index (κ3) is 7.64. The number of hydrogen-bond donors (Lipinski definition) is 4. The van der Waals surface area contributed by atoms with E-state index < -0.39 is 35.8 Å². The molecule has 0 aromatic rings. The van der Waals surface area contributed by atoms with Crippen molar-refractivity contribution in [2.24, 2.45) is 23.2 Å². The molecule has 3 rings (SSSR count). The average molecular weight is 607 g/mol. The lowest BCUT2D eigenvalue weighted by Gasteiger charge is -2.45. The Morgan fingerprint density at radius 3 is 2.29 bits per heavy atom. The standard InChI is InChI=1S/C32H44F6O4/c1-20-23(18-24(39)19-27(20)40)12-11-22-9-6-16-29(4)25(13-14-26(22)29)21(8-5-15-28(2,3)41)10-7-17-30(42,31(33,34)35)32(36,37)38/h11-12,21,24-27,39-42H,1,5-6,8-10,13-16,18-19H2,2-4H3/b22-11+,23-12-/t21-,24-,25-,26?,27+,29-/m1/s1. The van der Waals surface area contributed by atoms with Crippen LogP contribution in [-0.2, 0) is 0 Å². The number of fused-ring (bicyclic) bond motifs is 1. The number of alkyl halides is 6. The third-order valence-electron chi connectivity index (χ3n) is 9.69. The molecular formula is C32H44F6O4. The maximum absolute atomic E-state index is 13.2. The minimum Gasteiger partial charge on any atom is -0.393 e. The Balaban J connectivity index is 1.89. The summed E-state index contributed by atoms with van der Waals surface area (Å²) in [7, 11) is 0. The SMILES string of the molecule is C=C1/C(=C\C=C2/CCC[C@@]3(C)C2CC[C@@H]3[C@@H](CC#CC(O)(C(F)(F)F)C(F)(F)F)CCCC(C)(C)O)C[C@@H](O)C[C@@H]1O. The van der Waals surface area contributed by atoms with Gasteiger partial charge in [-0.3, -0.25) is 0 Å². The van der Waals surface area contributed by atoms with Gasteiger partial charge in [0.15, 0.2) is 0 Å². The molecule has 0 heterocycles. The van der Waals surface area contributed by atoms with Crippen LogP contribution in [0.4, 0.5) is 26.3 Å². The largest absolute Gasteiger partial charge is 0.438 e. The monoisotopic (exact) mass is 606 g/mol. The molecule has 4 N–H and O–H groups in total. The molecule has 4 nitrogen and oxygen atoms in total. The summed E-state index contributed by atoms with van der Waals surface area (Å²) in [5, 5.41) is 40.0. The first-order chi connectivity index (χ1) is 19.2. The zero-order valence-electron chi connectivity index (χ0n) is 24.6.